The van der Waals surface area contributed by atoms with Crippen LogP contribution in [-0.2, 0) is 0 Å². The zero-order valence-corrected chi connectivity index (χ0v) is 10.5. The lowest BCUT2D eigenvalue weighted by Gasteiger charge is -2.30. The molecule has 0 aromatic heterocycles. The number of nitrogens with one attached hydrogen (secondary N) is 1. The summed E-state index contributed by atoms with van der Waals surface area (Å²) in [4.78, 5) is 0. The molecule has 2 nitrogen and oxygen atoms in total. The van der Waals surface area contributed by atoms with Crippen LogP contribution in [0.2, 0.25) is 0 Å². The van der Waals surface area contributed by atoms with Gasteiger partial charge in [-0.2, -0.15) is 11.8 Å². The zero-order valence-electron chi connectivity index (χ0n) is 9.67. The smallest absolute Gasteiger partial charge is 0.0436 e. The van der Waals surface area contributed by atoms with Crippen LogP contribution in [0.3, 0.4) is 0 Å². The molecule has 1 saturated carbocycles. The Balaban J connectivity index is 1.72. The van der Waals surface area contributed by atoms with Crippen molar-refractivity contribution in [2.45, 2.75) is 50.3 Å². The van der Waals surface area contributed by atoms with E-state index in [1.807, 2.05) is 0 Å². The molecular weight excluding hydrogens is 206 g/mol. The van der Waals surface area contributed by atoms with E-state index in [2.05, 4.69) is 24.0 Å². The Kier molecular flexibility index (Phi) is 3.97. The quantitative estimate of drug-likeness (QED) is 0.756. The van der Waals surface area contributed by atoms with Gasteiger partial charge in [-0.1, -0.05) is 6.92 Å². The molecule has 1 saturated heterocycles. The lowest BCUT2D eigenvalue weighted by atomic mass is 10.0. The molecule has 2 unspecified atom stereocenters. The van der Waals surface area contributed by atoms with Gasteiger partial charge in [0.2, 0.25) is 0 Å². The summed E-state index contributed by atoms with van der Waals surface area (Å²) in [5.74, 6) is 1.33. The molecule has 0 bridgehead atoms. The summed E-state index contributed by atoms with van der Waals surface area (Å²) in [7, 11) is 0. The minimum absolute atomic E-state index is 0.358. The van der Waals surface area contributed by atoms with Crippen molar-refractivity contribution in [3.8, 4) is 0 Å². The molecular formula is C12H23NOS. The Morgan fingerprint density at radius 1 is 1.47 bits per heavy atom. The van der Waals surface area contributed by atoms with Gasteiger partial charge in [-0.3, -0.25) is 0 Å². The highest BCUT2D eigenvalue weighted by Crippen LogP contribution is 2.48. The van der Waals surface area contributed by atoms with E-state index in [4.69, 9.17) is 5.11 Å². The third kappa shape index (κ3) is 3.11. The normalized spacial score (nSPS) is 34.0. The molecule has 2 N–H and O–H groups in total. The number of hydrogen-bond acceptors (Lipinski definition) is 3. The second kappa shape index (κ2) is 5.07. The third-order valence-electron chi connectivity index (χ3n) is 3.95. The van der Waals surface area contributed by atoms with Crippen LogP contribution in [0.25, 0.3) is 0 Å². The molecule has 1 heterocycles. The molecule has 15 heavy (non-hydrogen) atoms. The predicted molar refractivity (Wildman–Crippen MR) is 66.3 cm³/mol. The zero-order chi connectivity index (χ0) is 10.7. The minimum atomic E-state index is 0.358. The fourth-order valence-corrected chi connectivity index (χ4v) is 3.64. The fourth-order valence-electron chi connectivity index (χ4n) is 2.47. The van der Waals surface area contributed by atoms with Gasteiger partial charge in [0.25, 0.3) is 0 Å². The monoisotopic (exact) mass is 229 g/mol. The average molecular weight is 229 g/mol. The minimum Gasteiger partial charge on any atom is -0.396 e. The Hall–Kier alpha value is 0.270. The van der Waals surface area contributed by atoms with Crippen molar-refractivity contribution >= 4 is 11.8 Å². The molecule has 0 radical (unpaired) electrons. The highest BCUT2D eigenvalue weighted by atomic mass is 32.2. The van der Waals surface area contributed by atoms with Crippen molar-refractivity contribution in [3.63, 3.8) is 0 Å². The maximum atomic E-state index is 9.00. The van der Waals surface area contributed by atoms with Gasteiger partial charge in [0.1, 0.15) is 0 Å². The van der Waals surface area contributed by atoms with E-state index in [0.29, 0.717) is 18.1 Å². The molecule has 2 rings (SSSR count). The molecule has 0 aromatic rings. The van der Waals surface area contributed by atoms with E-state index < -0.39 is 0 Å². The first-order chi connectivity index (χ1) is 7.26. The van der Waals surface area contributed by atoms with Crippen molar-refractivity contribution in [3.05, 3.63) is 0 Å². The SMILES string of the molecule is CC1SCCCC1NCC1(CCO)CC1. The molecule has 0 amide bonds. The van der Waals surface area contributed by atoms with Crippen molar-refractivity contribution in [2.75, 3.05) is 18.9 Å². The number of aliphatic hydroxyl groups excluding tert-OH is 1. The van der Waals surface area contributed by atoms with Gasteiger partial charge in [-0.05, 0) is 43.3 Å². The van der Waals surface area contributed by atoms with Crippen LogP contribution in [0, 0.1) is 5.41 Å². The molecule has 2 fully saturated rings. The first-order valence-electron chi connectivity index (χ1n) is 6.22. The van der Waals surface area contributed by atoms with Gasteiger partial charge in [0, 0.05) is 24.4 Å². The van der Waals surface area contributed by atoms with E-state index in [-0.39, 0.29) is 0 Å². The Labute approximate surface area is 97.2 Å². The van der Waals surface area contributed by atoms with Gasteiger partial charge in [0.15, 0.2) is 0 Å². The lowest BCUT2D eigenvalue weighted by Crippen LogP contribution is -2.42. The molecule has 3 heteroatoms. The number of thioether (sulfide) groups is 1. The average Bonchev–Trinajstić information content (AvgIpc) is 2.98. The Bertz CT molecular complexity index is 206. The lowest BCUT2D eigenvalue weighted by molar-refractivity contribution is 0.241. The van der Waals surface area contributed by atoms with Gasteiger partial charge in [-0.15, -0.1) is 0 Å². The molecule has 1 aliphatic heterocycles. The van der Waals surface area contributed by atoms with Crippen LogP contribution in [0.15, 0.2) is 0 Å². The summed E-state index contributed by atoms with van der Waals surface area (Å²) in [6.45, 7) is 3.83. The molecule has 0 aromatic carbocycles. The third-order valence-corrected chi connectivity index (χ3v) is 5.32. The summed E-state index contributed by atoms with van der Waals surface area (Å²) in [5, 5.41) is 13.5. The predicted octanol–water partition coefficient (Wildman–Crippen LogP) is 2.02. The molecule has 2 aliphatic rings. The summed E-state index contributed by atoms with van der Waals surface area (Å²) < 4.78 is 0. The summed E-state index contributed by atoms with van der Waals surface area (Å²) in [5.41, 5.74) is 0.469. The largest absolute Gasteiger partial charge is 0.396 e. The molecule has 88 valence electrons. The molecule has 2 atom stereocenters. The Morgan fingerprint density at radius 3 is 2.87 bits per heavy atom. The van der Waals surface area contributed by atoms with Crippen molar-refractivity contribution in [1.29, 1.82) is 0 Å². The van der Waals surface area contributed by atoms with Gasteiger partial charge in [-0.25, -0.2) is 0 Å². The van der Waals surface area contributed by atoms with Crippen LogP contribution in [0.1, 0.15) is 39.0 Å². The highest BCUT2D eigenvalue weighted by molar-refractivity contribution is 7.99. The first kappa shape index (κ1) is 11.7. The Morgan fingerprint density at radius 2 is 2.27 bits per heavy atom. The molecule has 0 spiro atoms. The number of aliphatic hydroxyl groups is 1. The van der Waals surface area contributed by atoms with E-state index in [1.165, 1.54) is 31.4 Å². The number of hydrogen-bond donors (Lipinski definition) is 2. The fraction of sp³-hybridized carbons (Fsp3) is 1.00. The van der Waals surface area contributed by atoms with E-state index in [0.717, 1.165) is 18.2 Å². The van der Waals surface area contributed by atoms with E-state index in [1.54, 1.807) is 0 Å². The maximum Gasteiger partial charge on any atom is 0.0436 e. The van der Waals surface area contributed by atoms with E-state index in [9.17, 15) is 0 Å². The van der Waals surface area contributed by atoms with Gasteiger partial charge < -0.3 is 10.4 Å². The second-order valence-electron chi connectivity index (χ2n) is 5.18. The van der Waals surface area contributed by atoms with Gasteiger partial charge >= 0.3 is 0 Å². The van der Waals surface area contributed by atoms with Crippen molar-refractivity contribution in [2.24, 2.45) is 5.41 Å². The summed E-state index contributed by atoms with van der Waals surface area (Å²) in [6.07, 6.45) is 6.32. The maximum absolute atomic E-state index is 9.00. The number of rotatable bonds is 5. The van der Waals surface area contributed by atoms with Crippen LogP contribution in [0.4, 0.5) is 0 Å². The first-order valence-corrected chi connectivity index (χ1v) is 7.26. The summed E-state index contributed by atoms with van der Waals surface area (Å²) in [6, 6.07) is 0.708. The summed E-state index contributed by atoms with van der Waals surface area (Å²) >= 11 is 2.10. The highest BCUT2D eigenvalue weighted by Gasteiger charge is 2.42. The second-order valence-corrected chi connectivity index (χ2v) is 6.66. The van der Waals surface area contributed by atoms with Gasteiger partial charge in [0.05, 0.1) is 0 Å². The van der Waals surface area contributed by atoms with Crippen molar-refractivity contribution < 1.29 is 5.11 Å². The van der Waals surface area contributed by atoms with E-state index >= 15 is 0 Å². The van der Waals surface area contributed by atoms with Crippen LogP contribution < -0.4 is 5.32 Å². The topological polar surface area (TPSA) is 32.3 Å². The van der Waals surface area contributed by atoms with Crippen molar-refractivity contribution in [1.82, 2.24) is 5.32 Å². The van der Waals surface area contributed by atoms with Crippen LogP contribution in [0.5, 0.6) is 0 Å². The standard InChI is InChI=1S/C12H23NOS/c1-10-11(3-2-8-15-10)13-9-12(4-5-12)6-7-14/h10-11,13-14H,2-9H2,1H3. The van der Waals surface area contributed by atoms with Crippen LogP contribution >= 0.6 is 11.8 Å². The van der Waals surface area contributed by atoms with Crippen LogP contribution in [-0.4, -0.2) is 35.3 Å². The molecule has 1 aliphatic carbocycles.